The fourth-order valence-corrected chi connectivity index (χ4v) is 5.57. The molecule has 0 saturated carbocycles. The Morgan fingerprint density at radius 1 is 1.14 bits per heavy atom. The first-order chi connectivity index (χ1) is 20.1. The highest BCUT2D eigenvalue weighted by Gasteiger charge is 2.46. The van der Waals surface area contributed by atoms with Gasteiger partial charge in [-0.3, -0.25) is 4.90 Å². The van der Waals surface area contributed by atoms with Crippen LogP contribution in [0.3, 0.4) is 0 Å². The summed E-state index contributed by atoms with van der Waals surface area (Å²) in [6.45, 7) is 2.97. The van der Waals surface area contributed by atoms with Crippen LogP contribution in [0.25, 0.3) is 0 Å². The Morgan fingerprint density at radius 3 is 2.35 bits per heavy atom. The first-order valence-corrected chi connectivity index (χ1v) is 14.5. The molecule has 0 saturated heterocycles. The summed E-state index contributed by atoms with van der Waals surface area (Å²) in [7, 11) is -3.05. The first-order valence-electron chi connectivity index (χ1n) is 12.6. The van der Waals surface area contributed by atoms with Gasteiger partial charge in [-0.2, -0.15) is 23.7 Å². The molecule has 0 bridgehead atoms. The van der Waals surface area contributed by atoms with Gasteiger partial charge in [0.2, 0.25) is 0 Å². The molecule has 2 aromatic rings. The Balaban J connectivity index is 2.37. The van der Waals surface area contributed by atoms with E-state index in [9.17, 15) is 46.5 Å². The number of benzene rings is 2. The van der Waals surface area contributed by atoms with Gasteiger partial charge in [-0.05, 0) is 49.2 Å². The minimum absolute atomic E-state index is 0.0687. The van der Waals surface area contributed by atoms with E-state index in [1.54, 1.807) is 13.0 Å². The molecule has 2 aromatic carbocycles. The third-order valence-electron chi connectivity index (χ3n) is 6.62. The lowest BCUT2D eigenvalue weighted by molar-refractivity contribution is -0.143. The molecule has 11 nitrogen and oxygen atoms in total. The lowest BCUT2D eigenvalue weighted by Crippen LogP contribution is -2.57. The molecule has 1 aliphatic heterocycles. The van der Waals surface area contributed by atoms with Gasteiger partial charge in [0.15, 0.2) is 9.84 Å². The van der Waals surface area contributed by atoms with Crippen LogP contribution in [-0.4, -0.2) is 50.8 Å². The van der Waals surface area contributed by atoms with E-state index in [0.717, 1.165) is 36.5 Å². The Morgan fingerprint density at radius 2 is 1.81 bits per heavy atom. The van der Waals surface area contributed by atoms with Gasteiger partial charge in [-0.15, -0.1) is 0 Å². The molecule has 0 radical (unpaired) electrons. The van der Waals surface area contributed by atoms with E-state index < -0.39 is 56.6 Å². The number of rotatable bonds is 7. The summed E-state index contributed by atoms with van der Waals surface area (Å²) < 4.78 is 71.0. The average molecular weight is 618 g/mol. The lowest BCUT2D eigenvalue weighted by atomic mass is 9.93. The fraction of sp³-hybridized carbons (Fsp3) is 0.321. The average Bonchev–Trinajstić information content (AvgIpc) is 2.95. The first kappa shape index (κ1) is 32.6. The smallest absolute Gasteiger partial charge is 0.416 e. The number of nitrogens with one attached hydrogen (secondary N) is 1. The van der Waals surface area contributed by atoms with Gasteiger partial charge in [0.1, 0.15) is 12.1 Å². The Hall–Kier alpha value is -4.89. The Labute approximate surface area is 245 Å². The molecule has 1 heterocycles. The van der Waals surface area contributed by atoms with Crippen LogP contribution >= 0.6 is 0 Å². The van der Waals surface area contributed by atoms with Crippen LogP contribution in [-0.2, 0) is 25.5 Å². The number of alkyl halides is 3. The zero-order valence-electron chi connectivity index (χ0n) is 23.4. The minimum Gasteiger partial charge on any atom is -0.467 e. The molecular weight excluding hydrogens is 591 g/mol. The van der Waals surface area contributed by atoms with Crippen LogP contribution in [0.1, 0.15) is 49.4 Å². The largest absolute Gasteiger partial charge is 0.467 e. The number of carbonyl (C=O) groups excluding carboxylic acids is 3. The molecule has 0 aromatic heterocycles. The van der Waals surface area contributed by atoms with Crippen LogP contribution in [0.15, 0.2) is 58.6 Å². The minimum atomic E-state index is -4.79. The van der Waals surface area contributed by atoms with Crippen molar-refractivity contribution in [2.45, 2.75) is 49.8 Å². The van der Waals surface area contributed by atoms with Gasteiger partial charge in [-0.25, -0.2) is 27.7 Å². The number of amides is 4. The second-order valence-corrected chi connectivity index (χ2v) is 11.5. The van der Waals surface area contributed by atoms with E-state index in [0.29, 0.717) is 17.4 Å². The number of hydrogen-bond acceptors (Lipinski definition) is 8. The van der Waals surface area contributed by atoms with Crippen molar-refractivity contribution in [3.63, 3.8) is 0 Å². The molecule has 1 N–H and O–H groups in total. The molecule has 1 aliphatic rings. The number of hydrogen-bond donors (Lipinski definition) is 1. The standard InChI is InChI=1S/C28H26F3N5O6S/c1-5-7-22(25(37)42-3)34-26(38)36-24(20-11-10-17(14-32)12-23(20)43(4,40)41)21(15-33)16(2)35(27(36)39)19-9-6-8-18(13-19)28(29,30)31/h6,8-13,22,24H,5,7H2,1-4H3,(H,34,38)/t22-,24+/m0/s1. The number of urea groups is 2. The summed E-state index contributed by atoms with van der Waals surface area (Å²) in [6.07, 6.45) is -3.49. The van der Waals surface area contributed by atoms with E-state index in [-0.39, 0.29) is 34.5 Å². The maximum atomic E-state index is 14.1. The summed E-state index contributed by atoms with van der Waals surface area (Å²) in [6, 6.07) is 5.26. The van der Waals surface area contributed by atoms with Crippen molar-refractivity contribution >= 4 is 33.6 Å². The van der Waals surface area contributed by atoms with Gasteiger partial charge in [0.25, 0.3) is 0 Å². The molecule has 0 fully saturated rings. The number of halogens is 3. The maximum Gasteiger partial charge on any atom is 0.416 e. The SMILES string of the molecule is CCC[C@H](NC(=O)N1C(=O)N(c2cccc(C(F)(F)F)c2)C(C)=C(C#N)[C@H]1c1ccc(C#N)cc1S(C)(=O)=O)C(=O)OC. The summed E-state index contributed by atoms with van der Waals surface area (Å²) >= 11 is 0. The normalized spacial score (nSPS) is 16.3. The molecule has 0 aliphatic carbocycles. The number of ether oxygens (including phenoxy) is 1. The summed E-state index contributed by atoms with van der Waals surface area (Å²) in [5.41, 5.74) is -2.27. The van der Waals surface area contributed by atoms with Crippen molar-refractivity contribution in [3.8, 4) is 12.1 Å². The molecule has 0 spiro atoms. The highest BCUT2D eigenvalue weighted by Crippen LogP contribution is 2.42. The Bertz CT molecular complexity index is 1690. The zero-order chi connectivity index (χ0) is 32.3. The highest BCUT2D eigenvalue weighted by atomic mass is 32.2. The monoisotopic (exact) mass is 617 g/mol. The molecule has 3 rings (SSSR count). The van der Waals surface area contributed by atoms with E-state index >= 15 is 0 Å². The number of sulfone groups is 1. The number of nitrogens with zero attached hydrogens (tertiary/aromatic N) is 4. The van der Waals surface area contributed by atoms with Crippen LogP contribution < -0.4 is 10.2 Å². The third kappa shape index (κ3) is 6.62. The lowest BCUT2D eigenvalue weighted by Gasteiger charge is -2.41. The van der Waals surface area contributed by atoms with Crippen molar-refractivity contribution in [2.24, 2.45) is 0 Å². The second-order valence-electron chi connectivity index (χ2n) is 9.50. The second kappa shape index (κ2) is 12.5. The highest BCUT2D eigenvalue weighted by molar-refractivity contribution is 7.90. The van der Waals surface area contributed by atoms with Crippen molar-refractivity contribution in [1.29, 1.82) is 10.5 Å². The van der Waals surface area contributed by atoms with Crippen LogP contribution in [0.2, 0.25) is 0 Å². The zero-order valence-corrected chi connectivity index (χ0v) is 24.2. The van der Waals surface area contributed by atoms with E-state index in [1.165, 1.54) is 25.1 Å². The number of nitriles is 2. The predicted octanol–water partition coefficient (Wildman–Crippen LogP) is 4.81. The number of esters is 1. The van der Waals surface area contributed by atoms with Gasteiger partial charge < -0.3 is 10.1 Å². The summed E-state index contributed by atoms with van der Waals surface area (Å²) in [5, 5.41) is 22.0. The number of methoxy groups -OCH3 is 1. The van der Waals surface area contributed by atoms with Crippen molar-refractivity contribution < 1.29 is 40.7 Å². The van der Waals surface area contributed by atoms with E-state index in [2.05, 4.69) is 5.32 Å². The Kier molecular flexibility index (Phi) is 9.52. The summed E-state index contributed by atoms with van der Waals surface area (Å²) in [4.78, 5) is 41.0. The molecule has 0 unspecified atom stereocenters. The van der Waals surface area contributed by atoms with Crippen molar-refractivity contribution in [1.82, 2.24) is 10.2 Å². The fourth-order valence-electron chi connectivity index (χ4n) is 4.62. The molecule has 4 amide bonds. The topological polar surface area (TPSA) is 161 Å². The summed E-state index contributed by atoms with van der Waals surface area (Å²) in [5.74, 6) is -0.853. The van der Waals surface area contributed by atoms with E-state index in [1.807, 2.05) is 6.07 Å². The third-order valence-corrected chi connectivity index (χ3v) is 7.78. The van der Waals surface area contributed by atoms with Crippen molar-refractivity contribution in [2.75, 3.05) is 18.3 Å². The van der Waals surface area contributed by atoms with Crippen LogP contribution in [0, 0.1) is 22.7 Å². The van der Waals surface area contributed by atoms with Crippen LogP contribution in [0.4, 0.5) is 28.4 Å². The van der Waals surface area contributed by atoms with Crippen LogP contribution in [0.5, 0.6) is 0 Å². The molecule has 43 heavy (non-hydrogen) atoms. The molecule has 2 atom stereocenters. The molecule has 15 heteroatoms. The molecule has 226 valence electrons. The number of imide groups is 1. The van der Waals surface area contributed by atoms with Crippen molar-refractivity contribution in [3.05, 3.63) is 70.4 Å². The number of carbonyl (C=O) groups is 3. The van der Waals surface area contributed by atoms with Gasteiger partial charge >= 0.3 is 24.2 Å². The quantitative estimate of drug-likeness (QED) is 0.433. The predicted molar refractivity (Wildman–Crippen MR) is 146 cm³/mol. The number of anilines is 1. The van der Waals surface area contributed by atoms with Gasteiger partial charge in [-0.1, -0.05) is 25.5 Å². The van der Waals surface area contributed by atoms with E-state index in [4.69, 9.17) is 4.74 Å². The number of allylic oxidation sites excluding steroid dienone is 1. The van der Waals surface area contributed by atoms with Gasteiger partial charge in [0, 0.05) is 12.0 Å². The maximum absolute atomic E-state index is 14.1. The molecular formula is C28H26F3N5O6S. The van der Waals surface area contributed by atoms with Gasteiger partial charge in [0.05, 0.1) is 46.5 Å².